The van der Waals surface area contributed by atoms with Crippen molar-refractivity contribution in [3.63, 3.8) is 0 Å². The second-order valence-corrected chi connectivity index (χ2v) is 9.47. The molecule has 0 unspecified atom stereocenters. The van der Waals surface area contributed by atoms with Crippen LogP contribution in [0.4, 0.5) is 11.4 Å². The van der Waals surface area contributed by atoms with E-state index in [-0.39, 0.29) is 0 Å². The molecule has 1 nitrogen and oxygen atoms in total. The predicted molar refractivity (Wildman–Crippen MR) is 160 cm³/mol. The molecule has 0 spiro atoms. The summed E-state index contributed by atoms with van der Waals surface area (Å²) in [5, 5.41) is 11.3. The first kappa shape index (κ1) is 21.4. The van der Waals surface area contributed by atoms with Gasteiger partial charge in [-0.15, -0.1) is 0 Å². The van der Waals surface area contributed by atoms with Gasteiger partial charge in [0.1, 0.15) is 0 Å². The second-order valence-electron chi connectivity index (χ2n) is 9.47. The van der Waals surface area contributed by atoms with Crippen LogP contribution in [-0.4, -0.2) is 0 Å². The molecule has 0 aromatic heterocycles. The quantitative estimate of drug-likeness (QED) is 0.252. The van der Waals surface area contributed by atoms with Crippen LogP contribution in [0.15, 0.2) is 146 Å². The maximum absolute atomic E-state index is 3.70. The van der Waals surface area contributed by atoms with E-state index in [2.05, 4.69) is 151 Å². The molecule has 0 atom stereocenters. The molecule has 0 fully saturated rings. The van der Waals surface area contributed by atoms with Crippen LogP contribution in [0.25, 0.3) is 54.6 Å². The highest BCUT2D eigenvalue weighted by atomic mass is 14.9. The summed E-state index contributed by atoms with van der Waals surface area (Å²) in [7, 11) is 0. The fraction of sp³-hybridized carbons (Fsp3) is 0. The summed E-state index contributed by atoms with van der Waals surface area (Å²) in [5.41, 5.74) is 7.08. The zero-order valence-electron chi connectivity index (χ0n) is 20.4. The molecule has 1 heteroatoms. The molecule has 0 aliphatic heterocycles. The van der Waals surface area contributed by atoms with Crippen LogP contribution >= 0.6 is 0 Å². The lowest BCUT2D eigenvalue weighted by molar-refractivity contribution is 1.54. The number of rotatable bonds is 4. The van der Waals surface area contributed by atoms with Crippen LogP contribution in [0, 0.1) is 0 Å². The molecule has 0 aliphatic carbocycles. The van der Waals surface area contributed by atoms with Crippen molar-refractivity contribution < 1.29 is 0 Å². The van der Waals surface area contributed by atoms with E-state index >= 15 is 0 Å². The van der Waals surface area contributed by atoms with Crippen molar-refractivity contribution in [3.8, 4) is 22.3 Å². The Labute approximate surface area is 216 Å². The molecular weight excluding hydrogens is 446 g/mol. The van der Waals surface area contributed by atoms with E-state index in [0.717, 1.165) is 11.4 Å². The molecule has 174 valence electrons. The molecule has 7 aromatic carbocycles. The molecule has 0 amide bonds. The van der Waals surface area contributed by atoms with E-state index in [1.165, 1.54) is 54.6 Å². The highest BCUT2D eigenvalue weighted by Crippen LogP contribution is 2.39. The highest BCUT2D eigenvalue weighted by molar-refractivity contribution is 6.14. The van der Waals surface area contributed by atoms with Crippen LogP contribution < -0.4 is 5.32 Å². The SMILES string of the molecule is c1ccc(-c2cc3ccccc3c3ccccc23)c(Nc2ccc(-c3cccc4ccccc34)cc2)c1. The summed E-state index contributed by atoms with van der Waals surface area (Å²) in [4.78, 5) is 0. The molecule has 0 bridgehead atoms. The van der Waals surface area contributed by atoms with Gasteiger partial charge in [0.15, 0.2) is 0 Å². The van der Waals surface area contributed by atoms with Gasteiger partial charge in [-0.3, -0.25) is 0 Å². The van der Waals surface area contributed by atoms with Crippen LogP contribution in [0.3, 0.4) is 0 Å². The van der Waals surface area contributed by atoms with Crippen molar-refractivity contribution in [2.45, 2.75) is 0 Å². The van der Waals surface area contributed by atoms with Crippen molar-refractivity contribution in [1.82, 2.24) is 0 Å². The van der Waals surface area contributed by atoms with Crippen molar-refractivity contribution in [3.05, 3.63) is 146 Å². The zero-order valence-corrected chi connectivity index (χ0v) is 20.4. The standard InChI is InChI=1S/C36H25N/c1-3-13-29-25(10-1)12-9-18-30(29)26-20-22-28(23-21-26)37-36-19-8-7-17-34(36)35-24-27-11-2-4-14-31(27)32-15-5-6-16-33(32)35/h1-24,37H. The van der Waals surface area contributed by atoms with Crippen molar-refractivity contribution >= 4 is 43.7 Å². The van der Waals surface area contributed by atoms with E-state index in [9.17, 15) is 0 Å². The number of hydrogen-bond donors (Lipinski definition) is 1. The maximum atomic E-state index is 3.70. The van der Waals surface area contributed by atoms with Gasteiger partial charge in [0.2, 0.25) is 0 Å². The minimum Gasteiger partial charge on any atom is -0.355 e. The summed E-state index contributed by atoms with van der Waals surface area (Å²) in [6, 6.07) is 52.1. The third-order valence-corrected chi connectivity index (χ3v) is 7.25. The first-order valence-corrected chi connectivity index (χ1v) is 12.7. The lowest BCUT2D eigenvalue weighted by Gasteiger charge is -2.16. The van der Waals surface area contributed by atoms with Gasteiger partial charge in [-0.1, -0.05) is 121 Å². The number of hydrogen-bond acceptors (Lipinski definition) is 1. The van der Waals surface area contributed by atoms with Crippen LogP contribution in [0.5, 0.6) is 0 Å². The first-order chi connectivity index (χ1) is 18.3. The molecule has 0 radical (unpaired) electrons. The fourth-order valence-electron chi connectivity index (χ4n) is 5.47. The van der Waals surface area contributed by atoms with Crippen molar-refractivity contribution in [2.75, 3.05) is 5.32 Å². The van der Waals surface area contributed by atoms with Gasteiger partial charge < -0.3 is 5.32 Å². The Morgan fingerprint density at radius 3 is 1.78 bits per heavy atom. The molecule has 0 heterocycles. The van der Waals surface area contributed by atoms with Crippen LogP contribution in [-0.2, 0) is 0 Å². The summed E-state index contributed by atoms with van der Waals surface area (Å²) in [6.07, 6.45) is 0. The van der Waals surface area contributed by atoms with E-state index in [1.54, 1.807) is 0 Å². The number of benzene rings is 7. The van der Waals surface area contributed by atoms with Gasteiger partial charge >= 0.3 is 0 Å². The Bertz CT molecular complexity index is 1890. The topological polar surface area (TPSA) is 12.0 Å². The third kappa shape index (κ3) is 3.82. The average Bonchev–Trinajstić information content (AvgIpc) is 2.97. The molecule has 7 rings (SSSR count). The molecule has 0 saturated carbocycles. The van der Waals surface area contributed by atoms with E-state index in [4.69, 9.17) is 0 Å². The van der Waals surface area contributed by atoms with E-state index < -0.39 is 0 Å². The molecule has 0 aliphatic rings. The van der Waals surface area contributed by atoms with Gasteiger partial charge in [-0.05, 0) is 73.3 Å². The number of fused-ring (bicyclic) bond motifs is 4. The summed E-state index contributed by atoms with van der Waals surface area (Å²) >= 11 is 0. The van der Waals surface area contributed by atoms with Crippen LogP contribution in [0.1, 0.15) is 0 Å². The van der Waals surface area contributed by atoms with Crippen LogP contribution in [0.2, 0.25) is 0 Å². The molecule has 37 heavy (non-hydrogen) atoms. The molecule has 0 saturated heterocycles. The van der Waals surface area contributed by atoms with Crippen molar-refractivity contribution in [2.24, 2.45) is 0 Å². The normalized spacial score (nSPS) is 11.2. The predicted octanol–water partition coefficient (Wildman–Crippen LogP) is 10.2. The lowest BCUT2D eigenvalue weighted by atomic mass is 9.92. The van der Waals surface area contributed by atoms with E-state index in [0.29, 0.717) is 0 Å². The molecule has 7 aromatic rings. The molecular formula is C36H25N. The monoisotopic (exact) mass is 471 g/mol. The summed E-state index contributed by atoms with van der Waals surface area (Å²) in [6.45, 7) is 0. The number of nitrogens with one attached hydrogen (secondary N) is 1. The summed E-state index contributed by atoms with van der Waals surface area (Å²) < 4.78 is 0. The third-order valence-electron chi connectivity index (χ3n) is 7.25. The smallest absolute Gasteiger partial charge is 0.0464 e. The zero-order chi connectivity index (χ0) is 24.6. The number of para-hydroxylation sites is 1. The Kier molecular flexibility index (Phi) is 5.19. The summed E-state index contributed by atoms with van der Waals surface area (Å²) in [5.74, 6) is 0. The lowest BCUT2D eigenvalue weighted by Crippen LogP contribution is -1.94. The Balaban J connectivity index is 1.29. The Hall–Kier alpha value is -4.88. The minimum atomic E-state index is 1.07. The first-order valence-electron chi connectivity index (χ1n) is 12.7. The fourth-order valence-corrected chi connectivity index (χ4v) is 5.47. The van der Waals surface area contributed by atoms with Gasteiger partial charge in [0.25, 0.3) is 0 Å². The van der Waals surface area contributed by atoms with E-state index in [1.807, 2.05) is 0 Å². The maximum Gasteiger partial charge on any atom is 0.0464 e. The Morgan fingerprint density at radius 2 is 0.946 bits per heavy atom. The molecule has 1 N–H and O–H groups in total. The average molecular weight is 472 g/mol. The highest BCUT2D eigenvalue weighted by Gasteiger charge is 2.12. The van der Waals surface area contributed by atoms with Crippen molar-refractivity contribution in [1.29, 1.82) is 0 Å². The minimum absolute atomic E-state index is 1.07. The largest absolute Gasteiger partial charge is 0.355 e. The van der Waals surface area contributed by atoms with Gasteiger partial charge in [-0.25, -0.2) is 0 Å². The number of anilines is 2. The van der Waals surface area contributed by atoms with Gasteiger partial charge in [-0.2, -0.15) is 0 Å². The van der Waals surface area contributed by atoms with Gasteiger partial charge in [0, 0.05) is 16.9 Å². The Morgan fingerprint density at radius 1 is 0.351 bits per heavy atom. The second kappa shape index (κ2) is 8.96. The van der Waals surface area contributed by atoms with Gasteiger partial charge in [0.05, 0.1) is 0 Å².